The van der Waals surface area contributed by atoms with E-state index in [1.54, 1.807) is 0 Å². The summed E-state index contributed by atoms with van der Waals surface area (Å²) in [5, 5.41) is 9.73. The fourth-order valence-electron chi connectivity index (χ4n) is 1.76. The number of aliphatic hydroxyl groups excluding tert-OH is 1. The minimum atomic E-state index is -0.303. The number of hydrogen-bond donors (Lipinski definition) is 1. The fraction of sp³-hybridized carbons (Fsp3) is 0.909. The maximum Gasteiger partial charge on any atom is 0.149 e. The second-order valence-electron chi connectivity index (χ2n) is 5.30. The van der Waals surface area contributed by atoms with Gasteiger partial charge in [0.15, 0.2) is 0 Å². The molecule has 0 spiro atoms. The van der Waals surface area contributed by atoms with E-state index in [9.17, 15) is 9.90 Å². The molecule has 0 aromatic rings. The van der Waals surface area contributed by atoms with Crippen LogP contribution in [0.2, 0.25) is 0 Å². The molecule has 0 aromatic carbocycles. The first kappa shape index (κ1) is 11.7. The molecule has 14 heavy (non-hydrogen) atoms. The lowest BCUT2D eigenvalue weighted by molar-refractivity contribution is -0.122. The van der Waals surface area contributed by atoms with Crippen LogP contribution in [0.1, 0.15) is 27.7 Å². The summed E-state index contributed by atoms with van der Waals surface area (Å²) in [7, 11) is 0. The summed E-state index contributed by atoms with van der Waals surface area (Å²) in [6.07, 6.45) is -0.303. The topological polar surface area (TPSA) is 40.5 Å². The van der Waals surface area contributed by atoms with Gasteiger partial charge in [0.2, 0.25) is 0 Å². The highest BCUT2D eigenvalue weighted by Gasteiger charge is 2.38. The average molecular weight is 199 g/mol. The highest BCUT2D eigenvalue weighted by Crippen LogP contribution is 2.29. The smallest absolute Gasteiger partial charge is 0.149 e. The molecule has 0 bridgehead atoms. The second kappa shape index (κ2) is 3.99. The van der Waals surface area contributed by atoms with E-state index in [1.165, 1.54) is 0 Å². The number of likely N-dealkylation sites (tertiary alicyclic amines) is 1. The number of aliphatic hydroxyl groups is 1. The van der Waals surface area contributed by atoms with Crippen LogP contribution in [0.15, 0.2) is 0 Å². The van der Waals surface area contributed by atoms with E-state index < -0.39 is 0 Å². The van der Waals surface area contributed by atoms with Crippen LogP contribution < -0.4 is 0 Å². The molecule has 1 rings (SSSR count). The van der Waals surface area contributed by atoms with Crippen LogP contribution in [-0.4, -0.2) is 41.5 Å². The van der Waals surface area contributed by atoms with Gasteiger partial charge in [-0.05, 0) is 0 Å². The Kier molecular flexibility index (Phi) is 3.32. The van der Waals surface area contributed by atoms with Gasteiger partial charge in [0.25, 0.3) is 0 Å². The Labute approximate surface area is 86.1 Å². The van der Waals surface area contributed by atoms with Gasteiger partial charge in [-0.25, -0.2) is 0 Å². The Morgan fingerprint density at radius 1 is 1.57 bits per heavy atom. The summed E-state index contributed by atoms with van der Waals surface area (Å²) in [6, 6.07) is 0. The molecule has 1 aliphatic rings. The first-order valence-corrected chi connectivity index (χ1v) is 5.26. The summed E-state index contributed by atoms with van der Waals surface area (Å²) in [5.41, 5.74) is -0.0722. The van der Waals surface area contributed by atoms with E-state index in [0.717, 1.165) is 6.54 Å². The van der Waals surface area contributed by atoms with Crippen molar-refractivity contribution in [2.75, 3.05) is 19.6 Å². The predicted octanol–water partition coefficient (Wildman–Crippen LogP) is 0.914. The third-order valence-corrected chi connectivity index (χ3v) is 2.99. The van der Waals surface area contributed by atoms with Gasteiger partial charge in [0, 0.05) is 24.4 Å². The van der Waals surface area contributed by atoms with E-state index in [-0.39, 0.29) is 23.2 Å². The first-order chi connectivity index (χ1) is 6.33. The number of rotatable bonds is 3. The molecule has 0 amide bonds. The van der Waals surface area contributed by atoms with Gasteiger partial charge in [-0.1, -0.05) is 27.7 Å². The lowest BCUT2D eigenvalue weighted by Gasteiger charge is -2.21. The number of Topliss-reactive ketones (excluding diaryl/α,β-unsaturated/α-hetero) is 1. The van der Waals surface area contributed by atoms with E-state index in [2.05, 4.69) is 0 Å². The van der Waals surface area contributed by atoms with Gasteiger partial charge in [-0.3, -0.25) is 9.69 Å². The van der Waals surface area contributed by atoms with Crippen LogP contribution in [0.4, 0.5) is 0 Å². The van der Waals surface area contributed by atoms with Gasteiger partial charge in [-0.15, -0.1) is 0 Å². The van der Waals surface area contributed by atoms with Gasteiger partial charge in [0.05, 0.1) is 12.6 Å². The maximum absolute atomic E-state index is 11.5. The van der Waals surface area contributed by atoms with E-state index in [4.69, 9.17) is 0 Å². The quantitative estimate of drug-likeness (QED) is 0.734. The molecule has 0 radical (unpaired) electrons. The zero-order valence-corrected chi connectivity index (χ0v) is 9.58. The van der Waals surface area contributed by atoms with Crippen LogP contribution in [-0.2, 0) is 4.79 Å². The van der Waals surface area contributed by atoms with Crippen molar-refractivity contribution in [3.05, 3.63) is 0 Å². The van der Waals surface area contributed by atoms with Crippen molar-refractivity contribution in [1.29, 1.82) is 0 Å². The van der Waals surface area contributed by atoms with Gasteiger partial charge in [-0.2, -0.15) is 0 Å². The Morgan fingerprint density at radius 2 is 2.14 bits per heavy atom. The Morgan fingerprint density at radius 3 is 2.50 bits per heavy atom. The van der Waals surface area contributed by atoms with Crippen molar-refractivity contribution < 1.29 is 9.90 Å². The summed E-state index contributed by atoms with van der Waals surface area (Å²) < 4.78 is 0. The average Bonchev–Trinajstić information content (AvgIpc) is 2.25. The largest absolute Gasteiger partial charge is 0.391 e. The summed E-state index contributed by atoms with van der Waals surface area (Å²) in [6.45, 7) is 9.84. The van der Waals surface area contributed by atoms with Crippen molar-refractivity contribution in [1.82, 2.24) is 4.90 Å². The van der Waals surface area contributed by atoms with Crippen molar-refractivity contribution in [3.63, 3.8) is 0 Å². The SMILES string of the molecule is CC(C)C(=O)CN1CC(O)C(C)(C)C1. The first-order valence-electron chi connectivity index (χ1n) is 5.26. The molecule has 1 saturated heterocycles. The number of nitrogens with zero attached hydrogens (tertiary/aromatic N) is 1. The molecule has 3 nitrogen and oxygen atoms in total. The third kappa shape index (κ3) is 2.55. The fourth-order valence-corrected chi connectivity index (χ4v) is 1.76. The highest BCUT2D eigenvalue weighted by atomic mass is 16.3. The summed E-state index contributed by atoms with van der Waals surface area (Å²) >= 11 is 0. The maximum atomic E-state index is 11.5. The monoisotopic (exact) mass is 199 g/mol. The van der Waals surface area contributed by atoms with Gasteiger partial charge >= 0.3 is 0 Å². The van der Waals surface area contributed by atoms with Crippen molar-refractivity contribution in [2.24, 2.45) is 11.3 Å². The lowest BCUT2D eigenvalue weighted by atomic mass is 9.90. The second-order valence-corrected chi connectivity index (χ2v) is 5.30. The van der Waals surface area contributed by atoms with E-state index >= 15 is 0 Å². The minimum Gasteiger partial charge on any atom is -0.391 e. The molecule has 0 aromatic heterocycles. The minimum absolute atomic E-state index is 0.0722. The molecule has 1 fully saturated rings. The van der Waals surface area contributed by atoms with Crippen molar-refractivity contribution in [3.8, 4) is 0 Å². The van der Waals surface area contributed by atoms with Crippen LogP contribution in [0, 0.1) is 11.3 Å². The zero-order valence-electron chi connectivity index (χ0n) is 9.58. The van der Waals surface area contributed by atoms with E-state index in [0.29, 0.717) is 13.1 Å². The van der Waals surface area contributed by atoms with Crippen LogP contribution in [0.5, 0.6) is 0 Å². The number of carbonyl (C=O) groups is 1. The van der Waals surface area contributed by atoms with Crippen molar-refractivity contribution in [2.45, 2.75) is 33.8 Å². The Bertz CT molecular complexity index is 223. The van der Waals surface area contributed by atoms with Crippen LogP contribution in [0.3, 0.4) is 0 Å². The molecular formula is C11H21NO2. The molecular weight excluding hydrogens is 178 g/mol. The number of β-amino-alcohol motifs (C(OH)–C–C–N with tert-alkyl or cyclic N) is 1. The molecule has 1 N–H and O–H groups in total. The van der Waals surface area contributed by atoms with Crippen LogP contribution in [0.25, 0.3) is 0 Å². The molecule has 0 aliphatic carbocycles. The standard InChI is InChI=1S/C11H21NO2/c1-8(2)9(13)5-12-6-10(14)11(3,4)7-12/h8,10,14H,5-7H2,1-4H3. The van der Waals surface area contributed by atoms with Crippen LogP contribution >= 0.6 is 0 Å². The Balaban J connectivity index is 2.47. The molecule has 82 valence electrons. The van der Waals surface area contributed by atoms with Gasteiger partial charge in [0.1, 0.15) is 5.78 Å². The Hall–Kier alpha value is -0.410. The third-order valence-electron chi connectivity index (χ3n) is 2.99. The number of ketones is 1. The summed E-state index contributed by atoms with van der Waals surface area (Å²) in [4.78, 5) is 13.5. The predicted molar refractivity (Wildman–Crippen MR) is 56.1 cm³/mol. The molecule has 1 aliphatic heterocycles. The molecule has 1 unspecified atom stereocenters. The van der Waals surface area contributed by atoms with E-state index in [1.807, 2.05) is 32.6 Å². The summed E-state index contributed by atoms with van der Waals surface area (Å²) in [5.74, 6) is 0.353. The molecule has 3 heteroatoms. The van der Waals surface area contributed by atoms with Gasteiger partial charge < -0.3 is 5.11 Å². The van der Waals surface area contributed by atoms with Crippen molar-refractivity contribution >= 4 is 5.78 Å². The molecule has 1 heterocycles. The number of carbonyl (C=O) groups excluding carboxylic acids is 1. The zero-order chi connectivity index (χ0) is 10.9. The molecule has 1 atom stereocenters. The molecule has 0 saturated carbocycles. The highest BCUT2D eigenvalue weighted by molar-refractivity contribution is 5.82. The lowest BCUT2D eigenvalue weighted by Crippen LogP contribution is -2.31. The number of hydrogen-bond acceptors (Lipinski definition) is 3. The normalized spacial score (nSPS) is 27.1.